The average Bonchev–Trinajstić information content (AvgIpc) is 3.41. The van der Waals surface area contributed by atoms with Crippen molar-refractivity contribution in [3.05, 3.63) is 95.1 Å². The van der Waals surface area contributed by atoms with E-state index in [1.54, 1.807) is 0 Å². The molecule has 1 unspecified atom stereocenters. The molecular formula is C28H28N6. The van der Waals surface area contributed by atoms with Crippen LogP contribution in [-0.2, 0) is 13.1 Å². The van der Waals surface area contributed by atoms with E-state index in [4.69, 9.17) is 5.73 Å². The molecule has 0 spiro atoms. The molecule has 0 amide bonds. The lowest BCUT2D eigenvalue weighted by atomic mass is 9.95. The van der Waals surface area contributed by atoms with E-state index in [0.29, 0.717) is 18.1 Å². The molecule has 3 heterocycles. The molecule has 1 atom stereocenters. The summed E-state index contributed by atoms with van der Waals surface area (Å²) in [5.41, 5.74) is 12.1. The molecule has 0 radical (unpaired) electrons. The Balaban J connectivity index is 1.24. The molecule has 3 aromatic carbocycles. The van der Waals surface area contributed by atoms with Crippen molar-refractivity contribution >= 4 is 33.3 Å². The smallest absolute Gasteiger partial charge is 0.175 e. The number of aliphatic imine (C=N–C) groups is 1. The Labute approximate surface area is 198 Å². The molecule has 0 fully saturated rings. The predicted molar refractivity (Wildman–Crippen MR) is 138 cm³/mol. The standard InChI is InChI=1S/C28H28N6/c1-17-30-27-23(14-26(29)33-28(27)31-17)25-13-21-12-18(10-11-24(21)32-25)15-34(2)16-20-8-5-7-19-6-3-4-9-22(19)20/h3-13,23,32H,14-16H2,1-2H3,(H2,29,33)(H,30,31). The Bertz CT molecular complexity index is 1530. The highest BCUT2D eigenvalue weighted by Gasteiger charge is 2.27. The van der Waals surface area contributed by atoms with E-state index in [-0.39, 0.29) is 5.92 Å². The summed E-state index contributed by atoms with van der Waals surface area (Å²) in [4.78, 5) is 18.3. The molecular weight excluding hydrogens is 420 g/mol. The Morgan fingerprint density at radius 3 is 2.74 bits per heavy atom. The Morgan fingerprint density at radius 2 is 1.82 bits per heavy atom. The van der Waals surface area contributed by atoms with Crippen LogP contribution in [0.2, 0.25) is 0 Å². The second-order valence-electron chi connectivity index (χ2n) is 9.38. The lowest BCUT2D eigenvalue weighted by molar-refractivity contribution is 0.320. The number of benzene rings is 3. The zero-order valence-electron chi connectivity index (χ0n) is 19.5. The first kappa shape index (κ1) is 20.7. The molecule has 6 nitrogen and oxygen atoms in total. The quantitative estimate of drug-likeness (QED) is 0.331. The number of hydrogen-bond donors (Lipinski definition) is 3. The molecule has 4 N–H and O–H groups in total. The molecule has 2 aromatic heterocycles. The predicted octanol–water partition coefficient (Wildman–Crippen LogP) is 5.51. The molecule has 0 saturated carbocycles. The van der Waals surface area contributed by atoms with E-state index in [0.717, 1.165) is 35.8 Å². The lowest BCUT2D eigenvalue weighted by Gasteiger charge is -2.18. The first-order chi connectivity index (χ1) is 16.5. The van der Waals surface area contributed by atoms with Crippen LogP contribution in [0.5, 0.6) is 0 Å². The molecule has 0 aliphatic carbocycles. The van der Waals surface area contributed by atoms with Crippen molar-refractivity contribution in [1.29, 1.82) is 0 Å². The molecule has 34 heavy (non-hydrogen) atoms. The lowest BCUT2D eigenvalue weighted by Crippen LogP contribution is -2.20. The fourth-order valence-electron chi connectivity index (χ4n) is 5.16. The topological polar surface area (TPSA) is 86.1 Å². The maximum atomic E-state index is 6.13. The second kappa shape index (κ2) is 8.15. The molecule has 6 heteroatoms. The van der Waals surface area contributed by atoms with Gasteiger partial charge in [-0.25, -0.2) is 9.98 Å². The number of aromatic nitrogens is 3. The highest BCUT2D eigenvalue weighted by Crippen LogP contribution is 2.37. The molecule has 0 saturated heterocycles. The maximum Gasteiger partial charge on any atom is 0.175 e. The second-order valence-corrected chi connectivity index (χ2v) is 9.38. The summed E-state index contributed by atoms with van der Waals surface area (Å²) in [7, 11) is 2.18. The van der Waals surface area contributed by atoms with Gasteiger partial charge in [-0.2, -0.15) is 0 Å². The van der Waals surface area contributed by atoms with Crippen LogP contribution in [0.15, 0.2) is 71.7 Å². The van der Waals surface area contributed by atoms with Crippen LogP contribution < -0.4 is 5.73 Å². The van der Waals surface area contributed by atoms with Crippen LogP contribution >= 0.6 is 0 Å². The van der Waals surface area contributed by atoms with Gasteiger partial charge in [0.15, 0.2) is 5.82 Å². The summed E-state index contributed by atoms with van der Waals surface area (Å²) < 4.78 is 0. The van der Waals surface area contributed by atoms with Crippen molar-refractivity contribution in [2.45, 2.75) is 32.4 Å². The number of aryl methyl sites for hydroxylation is 1. The van der Waals surface area contributed by atoms with Crippen molar-refractivity contribution in [3.8, 4) is 0 Å². The van der Waals surface area contributed by atoms with Crippen LogP contribution in [0.4, 0.5) is 5.82 Å². The van der Waals surface area contributed by atoms with Gasteiger partial charge in [-0.3, -0.25) is 4.90 Å². The van der Waals surface area contributed by atoms with Gasteiger partial charge in [-0.15, -0.1) is 0 Å². The fourth-order valence-corrected chi connectivity index (χ4v) is 5.16. The number of hydrogen-bond acceptors (Lipinski definition) is 4. The molecule has 1 aliphatic heterocycles. The highest BCUT2D eigenvalue weighted by atomic mass is 15.1. The van der Waals surface area contributed by atoms with E-state index in [9.17, 15) is 0 Å². The maximum absolute atomic E-state index is 6.13. The SMILES string of the molecule is Cc1nc2c([nH]1)C(c1cc3cc(CN(C)Cc4cccc5ccccc45)ccc3[nH]1)CC(N)=N2. The minimum absolute atomic E-state index is 0.110. The number of imidazole rings is 1. The van der Waals surface area contributed by atoms with Gasteiger partial charge in [0.2, 0.25) is 0 Å². The number of aromatic amines is 2. The summed E-state index contributed by atoms with van der Waals surface area (Å²) in [5.74, 6) is 2.30. The number of nitrogens with zero attached hydrogens (tertiary/aromatic N) is 3. The largest absolute Gasteiger partial charge is 0.387 e. The van der Waals surface area contributed by atoms with E-state index in [1.807, 2.05) is 6.92 Å². The molecule has 1 aliphatic rings. The third kappa shape index (κ3) is 3.76. The van der Waals surface area contributed by atoms with Crippen LogP contribution in [0, 0.1) is 6.92 Å². The van der Waals surface area contributed by atoms with Gasteiger partial charge in [-0.1, -0.05) is 48.5 Å². The van der Waals surface area contributed by atoms with Crippen LogP contribution in [0.3, 0.4) is 0 Å². The third-order valence-electron chi connectivity index (χ3n) is 6.70. The van der Waals surface area contributed by atoms with Crippen molar-refractivity contribution in [2.75, 3.05) is 7.05 Å². The van der Waals surface area contributed by atoms with Crippen molar-refractivity contribution in [3.63, 3.8) is 0 Å². The van der Waals surface area contributed by atoms with E-state index in [2.05, 4.69) is 98.6 Å². The Kier molecular flexibility index (Phi) is 4.96. The average molecular weight is 449 g/mol. The third-order valence-corrected chi connectivity index (χ3v) is 6.70. The molecule has 170 valence electrons. The monoisotopic (exact) mass is 448 g/mol. The molecule has 0 bridgehead atoms. The summed E-state index contributed by atoms with van der Waals surface area (Å²) in [5, 5.41) is 3.83. The van der Waals surface area contributed by atoms with E-state index >= 15 is 0 Å². The van der Waals surface area contributed by atoms with Crippen LogP contribution in [-0.4, -0.2) is 32.7 Å². The van der Waals surface area contributed by atoms with Gasteiger partial charge in [-0.05, 0) is 59.5 Å². The number of rotatable bonds is 5. The molecule has 6 rings (SSSR count). The van der Waals surface area contributed by atoms with Crippen molar-refractivity contribution in [1.82, 2.24) is 19.9 Å². The van der Waals surface area contributed by atoms with Gasteiger partial charge in [0, 0.05) is 30.7 Å². The number of fused-ring (bicyclic) bond motifs is 3. The zero-order valence-corrected chi connectivity index (χ0v) is 19.5. The Morgan fingerprint density at radius 1 is 0.971 bits per heavy atom. The van der Waals surface area contributed by atoms with Gasteiger partial charge < -0.3 is 15.7 Å². The van der Waals surface area contributed by atoms with E-state index in [1.165, 1.54) is 27.3 Å². The van der Waals surface area contributed by atoms with Crippen LogP contribution in [0.25, 0.3) is 21.7 Å². The zero-order chi connectivity index (χ0) is 23.2. The summed E-state index contributed by atoms with van der Waals surface area (Å²) in [6, 6.07) is 24.1. The normalized spacial score (nSPS) is 15.7. The van der Waals surface area contributed by atoms with Gasteiger partial charge in [0.05, 0.1) is 11.6 Å². The van der Waals surface area contributed by atoms with Gasteiger partial charge in [0.1, 0.15) is 11.7 Å². The Hall–Kier alpha value is -3.90. The van der Waals surface area contributed by atoms with Gasteiger partial charge in [0.25, 0.3) is 0 Å². The number of amidine groups is 1. The summed E-state index contributed by atoms with van der Waals surface area (Å²) >= 11 is 0. The number of nitrogens with two attached hydrogens (primary N) is 1. The summed E-state index contributed by atoms with van der Waals surface area (Å²) in [6.07, 6.45) is 0.683. The van der Waals surface area contributed by atoms with Crippen LogP contribution in [0.1, 0.15) is 40.7 Å². The van der Waals surface area contributed by atoms with Gasteiger partial charge >= 0.3 is 0 Å². The minimum Gasteiger partial charge on any atom is -0.387 e. The first-order valence-corrected chi connectivity index (χ1v) is 11.7. The minimum atomic E-state index is 0.110. The van der Waals surface area contributed by atoms with E-state index < -0.39 is 0 Å². The fraction of sp³-hybridized carbons (Fsp3) is 0.214. The first-order valence-electron chi connectivity index (χ1n) is 11.7. The molecule has 5 aromatic rings. The van der Waals surface area contributed by atoms with Crippen molar-refractivity contribution in [2.24, 2.45) is 10.7 Å². The highest BCUT2D eigenvalue weighted by molar-refractivity contribution is 5.88. The number of H-pyrrole nitrogens is 2. The summed E-state index contributed by atoms with van der Waals surface area (Å²) in [6.45, 7) is 3.74. The van der Waals surface area contributed by atoms with Crippen molar-refractivity contribution < 1.29 is 0 Å². The number of nitrogens with one attached hydrogen (secondary N) is 2.